The van der Waals surface area contributed by atoms with Crippen molar-refractivity contribution in [3.05, 3.63) is 356 Å². The molecule has 108 heavy (non-hydrogen) atoms. The van der Waals surface area contributed by atoms with Crippen LogP contribution in [-0.4, -0.2) is 48.2 Å². The number of nitrogens with zero attached hydrogens (tertiary/aromatic N) is 6. The molecule has 0 radical (unpaired) electrons. The molecule has 0 N–H and O–H groups in total. The summed E-state index contributed by atoms with van der Waals surface area (Å²) in [6, 6.07) is 122. The number of benzene rings is 14. The summed E-state index contributed by atoms with van der Waals surface area (Å²) in [7, 11) is -0.379. The van der Waals surface area contributed by atoms with Gasteiger partial charge in [-0.2, -0.15) is 0 Å². The van der Waals surface area contributed by atoms with E-state index in [0.29, 0.717) is 34.9 Å². The largest absolute Gasteiger partial charge is 0.496 e. The summed E-state index contributed by atoms with van der Waals surface area (Å²) < 4.78 is 19.0. The Labute approximate surface area is 645 Å². The van der Waals surface area contributed by atoms with Crippen molar-refractivity contribution in [2.75, 3.05) is 0 Å². The molecule has 1 fully saturated rings. The van der Waals surface area contributed by atoms with Crippen LogP contribution >= 0.6 is 38.6 Å². The first-order chi connectivity index (χ1) is 52.9. The molecular weight excluding hydrogens is 1420 g/mol. The van der Waals surface area contributed by atoms with E-state index in [9.17, 15) is 0 Å². The maximum absolute atomic E-state index is 6.45. The van der Waals surface area contributed by atoms with Gasteiger partial charge >= 0.3 is 7.12 Å². The Bertz CT molecular complexity index is 6120. The third-order valence-electron chi connectivity index (χ3n) is 20.0. The SMILES string of the molecule is Brc1cccc(-c2nc(-c3ccccc3)nc(-c3ccccc3)n2)c1.CC1(C)OB(c2cccc3c2sc2c(-c4ccccc4)cc(-c4ccccc4)cc23)OC1(C)C.c1ccc(-c2cc(-c3ccccc3)c3sc4c(-c5cccc(-c6nc(-c7ccccc7)nc(-c7ccccc7)n6)c5)cccc4c3c2)cc1. The lowest BCUT2D eigenvalue weighted by Gasteiger charge is -2.32. The molecule has 1 aliphatic heterocycles. The normalized spacial score (nSPS) is 12.9. The van der Waals surface area contributed by atoms with Gasteiger partial charge in [0.15, 0.2) is 34.9 Å². The van der Waals surface area contributed by atoms with Crippen molar-refractivity contribution in [1.82, 2.24) is 29.9 Å². The fourth-order valence-corrected chi connectivity index (χ4v) is 16.9. The van der Waals surface area contributed by atoms with Gasteiger partial charge < -0.3 is 9.31 Å². The highest BCUT2D eigenvalue weighted by atomic mass is 79.9. The molecule has 518 valence electrons. The molecule has 4 aromatic heterocycles. The van der Waals surface area contributed by atoms with Crippen LogP contribution in [-0.2, 0) is 9.31 Å². The third-order valence-corrected chi connectivity index (χ3v) is 23.1. The number of thiophene rings is 2. The second-order valence-corrected chi connectivity index (χ2v) is 30.6. The Hall–Kier alpha value is -12.0. The van der Waals surface area contributed by atoms with Crippen LogP contribution in [0.5, 0.6) is 0 Å². The van der Waals surface area contributed by atoms with Gasteiger partial charge in [-0.05, 0) is 115 Å². The zero-order chi connectivity index (χ0) is 73.1. The van der Waals surface area contributed by atoms with Crippen molar-refractivity contribution >= 4 is 91.5 Å². The predicted molar refractivity (Wildman–Crippen MR) is 455 cm³/mol. The average molecular weight is 1490 g/mol. The van der Waals surface area contributed by atoms with E-state index < -0.39 is 0 Å². The average Bonchev–Trinajstić information content (AvgIpc) is 1.58. The van der Waals surface area contributed by atoms with Crippen LogP contribution < -0.4 is 5.46 Å². The van der Waals surface area contributed by atoms with Gasteiger partial charge in [-0.25, -0.2) is 29.9 Å². The quantitative estimate of drug-likeness (QED) is 0.112. The molecule has 1 saturated heterocycles. The van der Waals surface area contributed by atoms with Crippen molar-refractivity contribution < 1.29 is 9.31 Å². The van der Waals surface area contributed by atoms with Gasteiger partial charge in [0.1, 0.15) is 0 Å². The van der Waals surface area contributed by atoms with Gasteiger partial charge in [0, 0.05) is 94.8 Å². The van der Waals surface area contributed by atoms with Gasteiger partial charge in [-0.1, -0.05) is 325 Å². The summed E-state index contributed by atoms with van der Waals surface area (Å²) >= 11 is 7.22. The molecule has 1 aliphatic rings. The maximum atomic E-state index is 6.45. The minimum Gasteiger partial charge on any atom is -0.399 e. The highest BCUT2D eigenvalue weighted by Gasteiger charge is 2.52. The van der Waals surface area contributed by atoms with Crippen molar-refractivity contribution in [3.8, 4) is 124 Å². The zero-order valence-electron chi connectivity index (χ0n) is 59.8. The van der Waals surface area contributed by atoms with Crippen LogP contribution in [0.1, 0.15) is 27.7 Å². The van der Waals surface area contributed by atoms with E-state index in [1.165, 1.54) is 90.4 Å². The lowest BCUT2D eigenvalue weighted by atomic mass is 9.78. The number of fused-ring (bicyclic) bond motifs is 6. The molecular formula is C96H70BBrN6O2S2. The van der Waals surface area contributed by atoms with E-state index in [2.05, 4.69) is 255 Å². The molecule has 8 nitrogen and oxygen atoms in total. The van der Waals surface area contributed by atoms with E-state index in [4.69, 9.17) is 34.2 Å². The third kappa shape index (κ3) is 14.2. The molecule has 0 bridgehead atoms. The summed E-state index contributed by atoms with van der Waals surface area (Å²) in [5.41, 5.74) is 18.3. The van der Waals surface area contributed by atoms with Crippen LogP contribution in [0.2, 0.25) is 0 Å². The molecule has 12 heteroatoms. The summed E-state index contributed by atoms with van der Waals surface area (Å²) in [6.45, 7) is 8.44. The van der Waals surface area contributed by atoms with Gasteiger partial charge in [0.2, 0.25) is 0 Å². The van der Waals surface area contributed by atoms with Crippen LogP contribution in [0.3, 0.4) is 0 Å². The monoisotopic (exact) mass is 1490 g/mol. The first kappa shape index (κ1) is 69.1. The standard InChI is InChI=1S/C45H29N3S.C30H27BO2S.C21H14BrN3/c1-5-15-30(16-6-1)36-28-39(31-17-7-2-8-18-31)42-40(29-36)38-26-14-25-37(41(38)49-42)34-23-13-24-35(27-34)45-47-43(32-19-9-3-10-20-32)46-44(48-45)33-21-11-4-12-22-33;1-29(2)30(3,4)33-31(32-29)26-17-11-16-23-25-19-22(20-12-7-5-8-13-20)18-24(27(25)34-28(23)26)21-14-9-6-10-15-21;22-18-13-7-12-17(14-18)21-24-19(15-8-3-1-4-9-15)23-20(25-21)16-10-5-2-6-11-16/h1-29H;5-19H,1-4H3;1-14H. The molecule has 0 spiro atoms. The highest BCUT2D eigenvalue weighted by molar-refractivity contribution is 9.10. The van der Waals surface area contributed by atoms with Gasteiger partial charge in [-0.15, -0.1) is 22.7 Å². The van der Waals surface area contributed by atoms with Crippen molar-refractivity contribution in [2.45, 2.75) is 38.9 Å². The number of halogens is 1. The van der Waals surface area contributed by atoms with Crippen LogP contribution in [0.15, 0.2) is 356 Å². The smallest absolute Gasteiger partial charge is 0.399 e. The van der Waals surface area contributed by atoms with Crippen LogP contribution in [0.25, 0.3) is 164 Å². The Kier molecular flexibility index (Phi) is 19.3. The lowest BCUT2D eigenvalue weighted by Crippen LogP contribution is -2.41. The Morgan fingerprint density at radius 2 is 0.537 bits per heavy atom. The molecule has 19 rings (SSSR count). The van der Waals surface area contributed by atoms with Crippen molar-refractivity contribution in [2.24, 2.45) is 0 Å². The van der Waals surface area contributed by atoms with E-state index in [-0.39, 0.29) is 18.3 Å². The Morgan fingerprint density at radius 3 is 0.935 bits per heavy atom. The summed E-state index contributed by atoms with van der Waals surface area (Å²) in [5, 5.41) is 5.06. The van der Waals surface area contributed by atoms with Crippen molar-refractivity contribution in [3.63, 3.8) is 0 Å². The van der Waals surface area contributed by atoms with Gasteiger partial charge in [0.25, 0.3) is 0 Å². The number of hydrogen-bond donors (Lipinski definition) is 0. The summed E-state index contributed by atoms with van der Waals surface area (Å²) in [6.07, 6.45) is 0. The molecule has 0 saturated carbocycles. The predicted octanol–water partition coefficient (Wildman–Crippen LogP) is 25.6. The Morgan fingerprint density at radius 1 is 0.241 bits per heavy atom. The molecule has 0 aliphatic carbocycles. The van der Waals surface area contributed by atoms with E-state index >= 15 is 0 Å². The minimum absolute atomic E-state index is 0.369. The fourth-order valence-electron chi connectivity index (χ4n) is 13.8. The number of rotatable bonds is 12. The zero-order valence-corrected chi connectivity index (χ0v) is 63.0. The minimum atomic E-state index is -0.379. The molecule has 0 amide bonds. The number of hydrogen-bond acceptors (Lipinski definition) is 10. The number of aromatic nitrogens is 6. The molecule has 18 aromatic rings. The van der Waals surface area contributed by atoms with Gasteiger partial charge in [0.05, 0.1) is 11.2 Å². The Balaban J connectivity index is 0.000000126. The first-order valence-electron chi connectivity index (χ1n) is 36.1. The molecule has 5 heterocycles. The lowest BCUT2D eigenvalue weighted by molar-refractivity contribution is 0.00578. The van der Waals surface area contributed by atoms with Crippen molar-refractivity contribution in [1.29, 1.82) is 0 Å². The summed E-state index contributed by atoms with van der Waals surface area (Å²) in [5.74, 6) is 3.97. The van der Waals surface area contributed by atoms with E-state index in [1.807, 2.05) is 168 Å². The van der Waals surface area contributed by atoms with Gasteiger partial charge in [-0.3, -0.25) is 0 Å². The molecule has 0 unspecified atom stereocenters. The van der Waals surface area contributed by atoms with E-state index in [1.54, 1.807) is 0 Å². The van der Waals surface area contributed by atoms with Crippen LogP contribution in [0, 0.1) is 0 Å². The van der Waals surface area contributed by atoms with E-state index in [0.717, 1.165) is 48.9 Å². The fraction of sp³-hybridized carbons (Fsp3) is 0.0625. The highest BCUT2D eigenvalue weighted by Crippen LogP contribution is 2.48. The summed E-state index contributed by atoms with van der Waals surface area (Å²) in [4.78, 5) is 29.0. The molecule has 14 aromatic carbocycles. The topological polar surface area (TPSA) is 95.8 Å². The second kappa shape index (κ2) is 30.1. The molecule has 0 atom stereocenters. The maximum Gasteiger partial charge on any atom is 0.496 e. The van der Waals surface area contributed by atoms with Crippen LogP contribution in [0.4, 0.5) is 0 Å². The first-order valence-corrected chi connectivity index (χ1v) is 38.5. The second-order valence-electron chi connectivity index (χ2n) is 27.6.